The molecule has 0 spiro atoms. The maximum Gasteiger partial charge on any atom is 0.335 e. The highest BCUT2D eigenvalue weighted by atomic mass is 35.5. The zero-order chi connectivity index (χ0) is 27.8. The number of rotatable bonds is 5. The molecule has 0 radical (unpaired) electrons. The molecule has 8 amide bonds. The lowest BCUT2D eigenvalue weighted by atomic mass is 9.73. The summed E-state index contributed by atoms with van der Waals surface area (Å²) in [5.41, 5.74) is 0.0358. The van der Waals surface area contributed by atoms with Gasteiger partial charge in [-0.1, -0.05) is 0 Å². The Morgan fingerprint density at radius 2 is 1.00 bits per heavy atom. The molecule has 204 valence electrons. The number of halogens is 3. The van der Waals surface area contributed by atoms with E-state index in [9.17, 15) is 37.5 Å². The number of imide groups is 4. The Morgan fingerprint density at radius 3 is 1.38 bits per heavy atom. The van der Waals surface area contributed by atoms with Gasteiger partial charge in [-0.25, -0.2) is 28.2 Å². The molecule has 2 aliphatic rings. The van der Waals surface area contributed by atoms with Gasteiger partial charge in [-0.15, -0.1) is 12.4 Å². The molecule has 11 nitrogen and oxygen atoms in total. The summed E-state index contributed by atoms with van der Waals surface area (Å²) in [6.07, 6.45) is 2.62. The molecule has 2 atom stereocenters. The van der Waals surface area contributed by atoms with Crippen LogP contribution in [0, 0.1) is 23.5 Å². The number of carbonyl (C=O) groups is 6. The first-order chi connectivity index (χ1) is 18.7. The Labute approximate surface area is 230 Å². The predicted octanol–water partition coefficient (Wildman–Crippen LogP) is 2.66. The van der Waals surface area contributed by atoms with Crippen molar-refractivity contribution in [3.8, 4) is 0 Å². The molecule has 0 saturated carbocycles. The van der Waals surface area contributed by atoms with Gasteiger partial charge in [0.15, 0.2) is 0 Å². The van der Waals surface area contributed by atoms with Crippen LogP contribution in [-0.4, -0.2) is 40.7 Å². The van der Waals surface area contributed by atoms with Gasteiger partial charge in [-0.3, -0.25) is 34.8 Å². The monoisotopic (exact) mass is 569 g/mol. The second kappa shape index (κ2) is 11.0. The predicted molar refractivity (Wildman–Crippen MR) is 136 cm³/mol. The van der Waals surface area contributed by atoms with Gasteiger partial charge in [0.05, 0.1) is 11.4 Å². The molecule has 2 unspecified atom stereocenters. The number of anilines is 2. The summed E-state index contributed by atoms with van der Waals surface area (Å²) in [6.45, 7) is 0. The Kier molecular flexibility index (Phi) is 7.68. The van der Waals surface area contributed by atoms with Gasteiger partial charge < -0.3 is 0 Å². The summed E-state index contributed by atoms with van der Waals surface area (Å²) in [4.78, 5) is 84.2. The van der Waals surface area contributed by atoms with Crippen LogP contribution in [-0.2, 0) is 19.2 Å². The third-order valence-electron chi connectivity index (χ3n) is 6.38. The summed E-state index contributed by atoms with van der Waals surface area (Å²) in [7, 11) is 0. The number of nitrogens with one attached hydrogen (secondary N) is 2. The van der Waals surface area contributed by atoms with Crippen LogP contribution in [0.3, 0.4) is 0 Å². The maximum absolute atomic E-state index is 13.7. The van der Waals surface area contributed by atoms with Gasteiger partial charge in [0.2, 0.25) is 23.6 Å². The second-order valence-electron chi connectivity index (χ2n) is 8.65. The second-order valence-corrected chi connectivity index (χ2v) is 8.65. The molecule has 3 aromatic rings. The van der Waals surface area contributed by atoms with E-state index >= 15 is 0 Å². The lowest BCUT2D eigenvalue weighted by molar-refractivity contribution is -0.140. The van der Waals surface area contributed by atoms with E-state index in [1.807, 2.05) is 0 Å². The molecule has 2 aromatic carbocycles. The maximum atomic E-state index is 13.7. The van der Waals surface area contributed by atoms with Crippen molar-refractivity contribution in [2.75, 3.05) is 9.80 Å². The van der Waals surface area contributed by atoms with E-state index in [1.165, 1.54) is 24.5 Å². The Morgan fingerprint density at radius 1 is 0.625 bits per heavy atom. The third kappa shape index (κ3) is 4.89. The molecule has 2 N–H and O–H groups in total. The van der Waals surface area contributed by atoms with Crippen molar-refractivity contribution in [3.05, 3.63) is 90.3 Å². The van der Waals surface area contributed by atoms with Crippen molar-refractivity contribution in [1.29, 1.82) is 0 Å². The van der Waals surface area contributed by atoms with E-state index in [2.05, 4.69) is 15.6 Å². The first kappa shape index (κ1) is 28.0. The minimum Gasteiger partial charge on any atom is -0.277 e. The number of aromatic nitrogens is 1. The zero-order valence-corrected chi connectivity index (χ0v) is 20.9. The number of benzene rings is 2. The molecule has 3 heterocycles. The highest BCUT2D eigenvalue weighted by Gasteiger charge is 2.55. The molecular weight excluding hydrogens is 552 g/mol. The van der Waals surface area contributed by atoms with Gasteiger partial charge in [-0.2, -0.15) is 0 Å². The minimum atomic E-state index is -1.81. The van der Waals surface area contributed by atoms with Crippen LogP contribution in [0.15, 0.2) is 73.1 Å². The van der Waals surface area contributed by atoms with Crippen LogP contribution in [0.25, 0.3) is 0 Å². The lowest BCUT2D eigenvalue weighted by Crippen LogP contribution is -2.64. The molecule has 2 aliphatic heterocycles. The number of hydrogen-bond acceptors (Lipinski definition) is 7. The normalized spacial score (nSPS) is 20.1. The molecule has 5 rings (SSSR count). The molecule has 0 bridgehead atoms. The van der Waals surface area contributed by atoms with Gasteiger partial charge in [0, 0.05) is 18.3 Å². The number of urea groups is 2. The van der Waals surface area contributed by atoms with E-state index in [0.717, 1.165) is 48.5 Å². The molecule has 40 heavy (non-hydrogen) atoms. The number of pyridine rings is 1. The van der Waals surface area contributed by atoms with E-state index < -0.39 is 65.1 Å². The van der Waals surface area contributed by atoms with Crippen LogP contribution in [0.2, 0.25) is 0 Å². The van der Waals surface area contributed by atoms with Crippen LogP contribution < -0.4 is 20.4 Å². The zero-order valence-electron chi connectivity index (χ0n) is 20.1. The number of carbonyl (C=O) groups excluding carboxylic acids is 6. The highest BCUT2D eigenvalue weighted by Crippen LogP contribution is 2.39. The minimum absolute atomic E-state index is 0. The largest absolute Gasteiger partial charge is 0.335 e. The summed E-state index contributed by atoms with van der Waals surface area (Å²) < 4.78 is 27.0. The fourth-order valence-electron chi connectivity index (χ4n) is 4.65. The Balaban J connectivity index is 0.00000370. The average molecular weight is 570 g/mol. The van der Waals surface area contributed by atoms with Crippen molar-refractivity contribution in [2.24, 2.45) is 11.8 Å². The van der Waals surface area contributed by atoms with Gasteiger partial charge in [0.1, 0.15) is 23.5 Å². The number of hydrogen-bond donors (Lipinski definition) is 2. The summed E-state index contributed by atoms with van der Waals surface area (Å²) in [6, 6.07) is 9.15. The Bertz CT molecular complexity index is 1430. The van der Waals surface area contributed by atoms with Crippen molar-refractivity contribution < 1.29 is 37.5 Å². The highest BCUT2D eigenvalue weighted by molar-refractivity contribution is 6.31. The standard InChI is InChI=1S/C26H17F2N5O6.ClH/c27-14-1-5-16(6-2-14)32-23(36)19(21(34)30-25(32)38)18(13-9-11-29-12-10-13)20-22(35)31-26(39)33(24(20)37)17-7-3-15(28)4-8-17;/h1-12,18-20H,(H,30,34,38)(H,31,35,39);1H. The van der Waals surface area contributed by atoms with Crippen molar-refractivity contribution in [1.82, 2.24) is 15.6 Å². The first-order valence-corrected chi connectivity index (χ1v) is 11.5. The van der Waals surface area contributed by atoms with Crippen LogP contribution in [0.1, 0.15) is 11.5 Å². The molecular formula is C26H18ClF2N5O6. The van der Waals surface area contributed by atoms with Gasteiger partial charge in [0.25, 0.3) is 0 Å². The summed E-state index contributed by atoms with van der Waals surface area (Å²) >= 11 is 0. The van der Waals surface area contributed by atoms with Gasteiger partial charge >= 0.3 is 12.1 Å². The quantitative estimate of drug-likeness (QED) is 0.449. The number of nitrogens with zero attached hydrogens (tertiary/aromatic N) is 3. The van der Waals surface area contributed by atoms with Crippen molar-refractivity contribution in [3.63, 3.8) is 0 Å². The smallest absolute Gasteiger partial charge is 0.277 e. The fourth-order valence-corrected chi connectivity index (χ4v) is 4.65. The lowest BCUT2D eigenvalue weighted by Gasteiger charge is -2.39. The third-order valence-corrected chi connectivity index (χ3v) is 6.38. The molecule has 2 saturated heterocycles. The molecule has 14 heteroatoms. The molecule has 2 fully saturated rings. The van der Waals surface area contributed by atoms with E-state index in [-0.39, 0.29) is 29.3 Å². The summed E-state index contributed by atoms with van der Waals surface area (Å²) in [5.74, 6) is -10.7. The van der Waals surface area contributed by atoms with Crippen LogP contribution >= 0.6 is 12.4 Å². The van der Waals surface area contributed by atoms with E-state index in [4.69, 9.17) is 0 Å². The molecule has 0 aliphatic carbocycles. The van der Waals surface area contributed by atoms with Crippen LogP contribution in [0.5, 0.6) is 0 Å². The average Bonchev–Trinajstić information content (AvgIpc) is 2.90. The SMILES string of the molecule is Cl.O=C1NC(=O)N(c2ccc(F)cc2)C(=O)C1C(c1ccncc1)C1C(=O)NC(=O)N(c2ccc(F)cc2)C1=O. The van der Waals surface area contributed by atoms with Crippen molar-refractivity contribution in [2.45, 2.75) is 5.92 Å². The summed E-state index contributed by atoms with van der Waals surface area (Å²) in [5, 5.41) is 4.11. The fraction of sp³-hybridized carbons (Fsp3) is 0.115. The van der Waals surface area contributed by atoms with E-state index in [1.54, 1.807) is 0 Å². The Hall–Kier alpha value is -5.04. The van der Waals surface area contributed by atoms with Crippen LogP contribution in [0.4, 0.5) is 29.7 Å². The topological polar surface area (TPSA) is 146 Å². The number of barbiturate groups is 2. The molecule has 1 aromatic heterocycles. The number of amides is 8. The van der Waals surface area contributed by atoms with E-state index in [0.29, 0.717) is 9.80 Å². The first-order valence-electron chi connectivity index (χ1n) is 11.5. The van der Waals surface area contributed by atoms with Crippen molar-refractivity contribution >= 4 is 59.5 Å². The van der Waals surface area contributed by atoms with Gasteiger partial charge in [-0.05, 0) is 66.2 Å².